The number of benzene rings is 2. The van der Waals surface area contributed by atoms with Gasteiger partial charge in [0.05, 0.1) is 15.9 Å². The molecule has 1 heterocycles. The van der Waals surface area contributed by atoms with E-state index in [9.17, 15) is 4.79 Å². The Morgan fingerprint density at radius 2 is 2.08 bits per heavy atom. The van der Waals surface area contributed by atoms with E-state index in [0.29, 0.717) is 6.42 Å². The first-order chi connectivity index (χ1) is 11.6. The third kappa shape index (κ3) is 3.80. The van der Waals surface area contributed by atoms with Gasteiger partial charge in [0.2, 0.25) is 5.91 Å². The molecule has 0 saturated heterocycles. The van der Waals surface area contributed by atoms with Crippen LogP contribution in [0.2, 0.25) is 0 Å². The van der Waals surface area contributed by atoms with Gasteiger partial charge < -0.3 is 10.6 Å². The number of nitrogens with zero attached hydrogens (tertiary/aromatic N) is 1. The van der Waals surface area contributed by atoms with Gasteiger partial charge in [-0.25, -0.2) is 4.98 Å². The molecule has 3 aromatic rings. The van der Waals surface area contributed by atoms with Crippen LogP contribution in [-0.2, 0) is 4.79 Å². The molecule has 0 fully saturated rings. The molecule has 24 heavy (non-hydrogen) atoms. The van der Waals surface area contributed by atoms with Crippen LogP contribution in [0.4, 0.5) is 5.69 Å². The van der Waals surface area contributed by atoms with E-state index in [-0.39, 0.29) is 11.0 Å². The fourth-order valence-corrected chi connectivity index (χ4v) is 3.74. The Balaban J connectivity index is 1.96. The van der Waals surface area contributed by atoms with Crippen LogP contribution in [-0.4, -0.2) is 16.0 Å². The lowest BCUT2D eigenvalue weighted by Gasteiger charge is -2.12. The van der Waals surface area contributed by atoms with Gasteiger partial charge in [0.25, 0.3) is 0 Å². The first-order valence-corrected chi connectivity index (χ1v) is 9.35. The second-order valence-electron chi connectivity index (χ2n) is 5.03. The van der Waals surface area contributed by atoms with Crippen molar-refractivity contribution in [1.29, 1.82) is 0 Å². The number of para-hydroxylation sites is 1. The van der Waals surface area contributed by atoms with E-state index in [1.807, 2.05) is 42.5 Å². The Bertz CT molecular complexity index is 890. The summed E-state index contributed by atoms with van der Waals surface area (Å²) in [5, 5.41) is 6.92. The van der Waals surface area contributed by atoms with Crippen molar-refractivity contribution in [2.75, 3.05) is 5.32 Å². The summed E-state index contributed by atoms with van der Waals surface area (Å²) in [6.07, 6.45) is 0.382. The number of anilines is 1. The van der Waals surface area contributed by atoms with Crippen LogP contribution in [0.15, 0.2) is 46.9 Å². The number of carbonyl (C=O) groups excluding carboxylic acids is 1. The average Bonchev–Trinajstić information content (AvgIpc) is 3.00. The normalized spacial score (nSPS) is 10.6. The molecule has 7 heteroatoms. The fourth-order valence-electron chi connectivity index (χ4n) is 2.16. The summed E-state index contributed by atoms with van der Waals surface area (Å²) in [7, 11) is 0. The van der Waals surface area contributed by atoms with Gasteiger partial charge in [-0.15, -0.1) is 11.3 Å². The summed E-state index contributed by atoms with van der Waals surface area (Å²) in [5.41, 5.74) is 2.70. The number of fused-ring (bicyclic) bond motifs is 1. The molecule has 3 rings (SSSR count). The number of hydrogen-bond acceptors (Lipinski definition) is 4. The zero-order valence-corrected chi connectivity index (χ0v) is 16.0. The molecule has 0 unspecified atom stereocenters. The van der Waals surface area contributed by atoms with E-state index in [1.54, 1.807) is 18.3 Å². The SMILES string of the molecule is CCC(=O)NC(=S)Nc1ccc(Br)cc1-c1nc2ccccc2s1. The van der Waals surface area contributed by atoms with Crippen LogP contribution in [0.1, 0.15) is 13.3 Å². The van der Waals surface area contributed by atoms with Gasteiger partial charge >= 0.3 is 0 Å². The summed E-state index contributed by atoms with van der Waals surface area (Å²) in [5.74, 6) is -0.119. The van der Waals surface area contributed by atoms with Crippen LogP contribution < -0.4 is 10.6 Å². The fraction of sp³-hybridized carbons (Fsp3) is 0.118. The van der Waals surface area contributed by atoms with Crippen LogP contribution >= 0.6 is 39.5 Å². The highest BCUT2D eigenvalue weighted by molar-refractivity contribution is 9.10. The molecule has 0 atom stereocenters. The van der Waals surface area contributed by atoms with Gasteiger partial charge in [-0.05, 0) is 42.5 Å². The van der Waals surface area contributed by atoms with Gasteiger partial charge in [0.1, 0.15) is 5.01 Å². The topological polar surface area (TPSA) is 54.0 Å². The lowest BCUT2D eigenvalue weighted by atomic mass is 10.2. The van der Waals surface area contributed by atoms with Crippen LogP contribution in [0.3, 0.4) is 0 Å². The van der Waals surface area contributed by atoms with Crippen molar-refractivity contribution >= 4 is 66.4 Å². The Morgan fingerprint density at radius 1 is 1.29 bits per heavy atom. The van der Waals surface area contributed by atoms with Crippen molar-refractivity contribution in [3.63, 3.8) is 0 Å². The van der Waals surface area contributed by atoms with Gasteiger partial charge in [0, 0.05) is 16.5 Å². The van der Waals surface area contributed by atoms with Gasteiger partial charge in [0.15, 0.2) is 5.11 Å². The molecular weight excluding hydrogens is 406 g/mol. The smallest absolute Gasteiger partial charge is 0.225 e. The molecule has 2 N–H and O–H groups in total. The van der Waals surface area contributed by atoms with E-state index in [2.05, 4.69) is 26.6 Å². The van der Waals surface area contributed by atoms with E-state index in [0.717, 1.165) is 30.9 Å². The monoisotopic (exact) mass is 419 g/mol. The molecular formula is C17H14BrN3OS2. The minimum absolute atomic E-state index is 0.119. The Hall–Kier alpha value is -1.83. The Kier molecular flexibility index (Phi) is 5.23. The zero-order chi connectivity index (χ0) is 17.1. The predicted octanol–water partition coefficient (Wildman–Crippen LogP) is 4.95. The van der Waals surface area contributed by atoms with E-state index in [1.165, 1.54) is 0 Å². The van der Waals surface area contributed by atoms with Crippen molar-refractivity contribution in [3.8, 4) is 10.6 Å². The molecule has 0 aliphatic carbocycles. The van der Waals surface area contributed by atoms with Crippen molar-refractivity contribution in [1.82, 2.24) is 10.3 Å². The van der Waals surface area contributed by atoms with E-state index >= 15 is 0 Å². The number of hydrogen-bond donors (Lipinski definition) is 2. The Labute approximate surface area is 157 Å². The summed E-state index contributed by atoms with van der Waals surface area (Å²) < 4.78 is 2.08. The maximum absolute atomic E-state index is 11.5. The summed E-state index contributed by atoms with van der Waals surface area (Å²) >= 11 is 10.3. The molecule has 2 aromatic carbocycles. The van der Waals surface area contributed by atoms with Crippen molar-refractivity contribution in [2.45, 2.75) is 13.3 Å². The standard InChI is InChI=1S/C17H14BrN3OS2/c1-2-15(22)21-17(23)20-12-8-7-10(18)9-11(12)16-19-13-5-3-4-6-14(13)24-16/h3-9H,2H2,1H3,(H2,20,21,22,23). The van der Waals surface area contributed by atoms with E-state index in [4.69, 9.17) is 17.2 Å². The summed E-state index contributed by atoms with van der Waals surface area (Å²) in [6.45, 7) is 1.78. The van der Waals surface area contributed by atoms with Crippen molar-refractivity contribution < 1.29 is 4.79 Å². The molecule has 0 spiro atoms. The highest BCUT2D eigenvalue weighted by atomic mass is 79.9. The number of thiazole rings is 1. The molecule has 0 aliphatic rings. The number of carbonyl (C=O) groups is 1. The minimum atomic E-state index is -0.119. The maximum Gasteiger partial charge on any atom is 0.225 e. The lowest BCUT2D eigenvalue weighted by molar-refractivity contribution is -0.119. The minimum Gasteiger partial charge on any atom is -0.332 e. The van der Waals surface area contributed by atoms with Crippen molar-refractivity contribution in [3.05, 3.63) is 46.9 Å². The molecule has 0 bridgehead atoms. The highest BCUT2D eigenvalue weighted by Gasteiger charge is 2.13. The van der Waals surface area contributed by atoms with Gasteiger partial charge in [-0.2, -0.15) is 0 Å². The zero-order valence-electron chi connectivity index (χ0n) is 12.8. The number of rotatable bonds is 3. The van der Waals surface area contributed by atoms with Crippen LogP contribution in [0, 0.1) is 0 Å². The number of amides is 1. The van der Waals surface area contributed by atoms with Crippen LogP contribution in [0.5, 0.6) is 0 Å². The summed E-state index contributed by atoms with van der Waals surface area (Å²) in [4.78, 5) is 16.2. The van der Waals surface area contributed by atoms with Crippen molar-refractivity contribution in [2.24, 2.45) is 0 Å². The number of halogens is 1. The average molecular weight is 420 g/mol. The quantitative estimate of drug-likeness (QED) is 0.589. The molecule has 0 radical (unpaired) electrons. The molecule has 1 amide bonds. The van der Waals surface area contributed by atoms with Gasteiger partial charge in [-0.3, -0.25) is 4.79 Å². The first kappa shape index (κ1) is 17.0. The number of aromatic nitrogens is 1. The number of nitrogens with one attached hydrogen (secondary N) is 2. The second-order valence-corrected chi connectivity index (χ2v) is 7.39. The molecule has 0 saturated carbocycles. The van der Waals surface area contributed by atoms with E-state index < -0.39 is 0 Å². The predicted molar refractivity (Wildman–Crippen MR) is 107 cm³/mol. The maximum atomic E-state index is 11.5. The molecule has 0 aliphatic heterocycles. The molecule has 122 valence electrons. The van der Waals surface area contributed by atoms with Gasteiger partial charge in [-0.1, -0.05) is 35.0 Å². The third-order valence-corrected chi connectivity index (χ3v) is 5.10. The number of thiocarbonyl (C=S) groups is 1. The Morgan fingerprint density at radius 3 is 2.83 bits per heavy atom. The lowest BCUT2D eigenvalue weighted by Crippen LogP contribution is -2.33. The third-order valence-electron chi connectivity index (χ3n) is 3.33. The summed E-state index contributed by atoms with van der Waals surface area (Å²) in [6, 6.07) is 13.8. The molecule has 1 aromatic heterocycles. The molecule has 4 nitrogen and oxygen atoms in total. The largest absolute Gasteiger partial charge is 0.332 e. The highest BCUT2D eigenvalue weighted by Crippen LogP contribution is 2.36. The second kappa shape index (κ2) is 7.38. The van der Waals surface area contributed by atoms with Crippen LogP contribution in [0.25, 0.3) is 20.8 Å². The first-order valence-electron chi connectivity index (χ1n) is 7.33.